The predicted molar refractivity (Wildman–Crippen MR) is 60.3 cm³/mol. The first kappa shape index (κ1) is 12.0. The van der Waals surface area contributed by atoms with Crippen LogP contribution >= 0.6 is 11.6 Å². The van der Waals surface area contributed by atoms with E-state index in [2.05, 4.69) is 0 Å². The number of aliphatic carboxylic acids is 1. The van der Waals surface area contributed by atoms with E-state index in [-0.39, 0.29) is 0 Å². The van der Waals surface area contributed by atoms with E-state index in [1.165, 1.54) is 0 Å². The minimum absolute atomic E-state index is 0.486. The normalized spacial score (nSPS) is 12.8. The molecule has 0 aliphatic heterocycles. The van der Waals surface area contributed by atoms with Crippen molar-refractivity contribution in [1.29, 1.82) is 0 Å². The zero-order valence-electron chi connectivity index (χ0n) is 8.77. The molecule has 0 aliphatic carbocycles. The Hall–Kier alpha value is -1.06. The van der Waals surface area contributed by atoms with Crippen LogP contribution in [-0.2, 0) is 11.2 Å². The molecule has 1 atom stereocenters. The Bertz CT molecular complexity index is 335. The minimum atomic E-state index is -0.810. The summed E-state index contributed by atoms with van der Waals surface area (Å²) in [6, 6.07) is 6.74. The second-order valence-electron chi connectivity index (χ2n) is 3.65. The molecule has 0 unspecified atom stereocenters. The number of benzene rings is 1. The number of hydrogen-bond donors (Lipinski definition) is 1. The van der Waals surface area contributed by atoms with Crippen LogP contribution in [0.3, 0.4) is 0 Å². The molecule has 1 aromatic carbocycles. The van der Waals surface area contributed by atoms with Crippen LogP contribution in [0.25, 0.3) is 0 Å². The molecular formula is C11H14ClNO2. The van der Waals surface area contributed by atoms with Gasteiger partial charge in [0.25, 0.3) is 0 Å². The summed E-state index contributed by atoms with van der Waals surface area (Å²) in [5.74, 6) is -0.810. The van der Waals surface area contributed by atoms with E-state index in [1.807, 2.05) is 12.1 Å². The van der Waals surface area contributed by atoms with Gasteiger partial charge in [0.05, 0.1) is 0 Å². The number of rotatable bonds is 4. The predicted octanol–water partition coefficient (Wildman–Crippen LogP) is 1.90. The summed E-state index contributed by atoms with van der Waals surface area (Å²) in [6.07, 6.45) is 0.486. The maximum atomic E-state index is 10.9. The Morgan fingerprint density at radius 2 is 1.93 bits per heavy atom. The average molecular weight is 228 g/mol. The molecule has 0 aliphatic rings. The summed E-state index contributed by atoms with van der Waals surface area (Å²) in [5, 5.41) is 9.65. The largest absolute Gasteiger partial charge is 0.480 e. The van der Waals surface area contributed by atoms with Gasteiger partial charge in [0.2, 0.25) is 0 Å². The molecule has 0 spiro atoms. The standard InChI is InChI=1S/C11H14ClNO2/c1-13(2)10(11(14)15)7-8-3-5-9(12)6-4-8/h3-6,10H,7H2,1-2H3,(H,14,15)/t10-/m0/s1. The zero-order chi connectivity index (χ0) is 11.4. The fraction of sp³-hybridized carbons (Fsp3) is 0.364. The zero-order valence-corrected chi connectivity index (χ0v) is 9.53. The van der Waals surface area contributed by atoms with E-state index in [9.17, 15) is 4.79 Å². The number of carbonyl (C=O) groups is 1. The highest BCUT2D eigenvalue weighted by atomic mass is 35.5. The molecule has 0 heterocycles. The fourth-order valence-corrected chi connectivity index (χ4v) is 1.46. The van der Waals surface area contributed by atoms with Crippen LogP contribution in [0.2, 0.25) is 5.02 Å². The van der Waals surface area contributed by atoms with Crippen molar-refractivity contribution in [1.82, 2.24) is 4.90 Å². The van der Waals surface area contributed by atoms with Crippen molar-refractivity contribution in [3.8, 4) is 0 Å². The number of halogens is 1. The van der Waals surface area contributed by atoms with Crippen molar-refractivity contribution >= 4 is 17.6 Å². The Kier molecular flexibility index (Phi) is 4.12. The van der Waals surface area contributed by atoms with Gasteiger partial charge in [-0.3, -0.25) is 9.69 Å². The van der Waals surface area contributed by atoms with Crippen LogP contribution in [0.1, 0.15) is 5.56 Å². The van der Waals surface area contributed by atoms with Gasteiger partial charge in [-0.1, -0.05) is 23.7 Å². The Labute approximate surface area is 94.3 Å². The van der Waals surface area contributed by atoms with Gasteiger partial charge in [-0.05, 0) is 38.2 Å². The van der Waals surface area contributed by atoms with Crippen LogP contribution < -0.4 is 0 Å². The molecule has 0 bridgehead atoms. The monoisotopic (exact) mass is 227 g/mol. The maximum absolute atomic E-state index is 10.9. The molecule has 0 saturated carbocycles. The van der Waals surface area contributed by atoms with Gasteiger partial charge in [0, 0.05) is 5.02 Å². The van der Waals surface area contributed by atoms with Gasteiger partial charge in [-0.2, -0.15) is 0 Å². The molecule has 0 aromatic heterocycles. The molecule has 1 aromatic rings. The van der Waals surface area contributed by atoms with Crippen molar-refractivity contribution in [2.45, 2.75) is 12.5 Å². The number of hydrogen-bond acceptors (Lipinski definition) is 2. The van der Waals surface area contributed by atoms with Gasteiger partial charge < -0.3 is 5.11 Å². The molecule has 0 fully saturated rings. The summed E-state index contributed by atoms with van der Waals surface area (Å²) in [7, 11) is 3.52. The first-order chi connectivity index (χ1) is 7.00. The highest BCUT2D eigenvalue weighted by Crippen LogP contribution is 2.12. The smallest absolute Gasteiger partial charge is 0.321 e. The molecule has 0 radical (unpaired) electrons. The van der Waals surface area contributed by atoms with Gasteiger partial charge in [0.1, 0.15) is 6.04 Å². The van der Waals surface area contributed by atoms with Gasteiger partial charge >= 0.3 is 5.97 Å². The van der Waals surface area contributed by atoms with E-state index in [1.54, 1.807) is 31.1 Å². The number of nitrogens with zero attached hydrogens (tertiary/aromatic N) is 1. The molecule has 82 valence electrons. The number of carboxylic acid groups (broad SMARTS) is 1. The second-order valence-corrected chi connectivity index (χ2v) is 4.08. The van der Waals surface area contributed by atoms with Crippen molar-refractivity contribution < 1.29 is 9.90 Å². The van der Waals surface area contributed by atoms with Gasteiger partial charge in [-0.15, -0.1) is 0 Å². The summed E-state index contributed by atoms with van der Waals surface area (Å²) in [4.78, 5) is 12.6. The van der Waals surface area contributed by atoms with E-state index >= 15 is 0 Å². The lowest BCUT2D eigenvalue weighted by atomic mass is 10.1. The van der Waals surface area contributed by atoms with E-state index in [0.717, 1.165) is 5.56 Å². The first-order valence-corrected chi connectivity index (χ1v) is 5.02. The summed E-state index contributed by atoms with van der Waals surface area (Å²) in [6.45, 7) is 0. The average Bonchev–Trinajstić information content (AvgIpc) is 2.15. The van der Waals surface area contributed by atoms with Crippen LogP contribution in [0, 0.1) is 0 Å². The van der Waals surface area contributed by atoms with Crippen LogP contribution in [0.4, 0.5) is 0 Å². The molecule has 0 amide bonds. The summed E-state index contributed by atoms with van der Waals surface area (Å²) in [5.41, 5.74) is 0.973. The highest BCUT2D eigenvalue weighted by Gasteiger charge is 2.19. The number of likely N-dealkylation sites (N-methyl/N-ethyl adjacent to an activating group) is 1. The molecule has 1 rings (SSSR count). The van der Waals surface area contributed by atoms with Crippen molar-refractivity contribution in [2.75, 3.05) is 14.1 Å². The second kappa shape index (κ2) is 5.14. The molecule has 1 N–H and O–H groups in total. The third kappa shape index (κ3) is 3.53. The summed E-state index contributed by atoms with van der Waals surface area (Å²) < 4.78 is 0. The molecule has 4 heteroatoms. The molecule has 0 saturated heterocycles. The van der Waals surface area contributed by atoms with Gasteiger partial charge in [-0.25, -0.2) is 0 Å². The molecule has 3 nitrogen and oxygen atoms in total. The van der Waals surface area contributed by atoms with Crippen molar-refractivity contribution in [2.24, 2.45) is 0 Å². The SMILES string of the molecule is CN(C)[C@@H](Cc1ccc(Cl)cc1)C(=O)O. The van der Waals surface area contributed by atoms with Crippen LogP contribution in [0.5, 0.6) is 0 Å². The van der Waals surface area contributed by atoms with E-state index < -0.39 is 12.0 Å². The third-order valence-corrected chi connectivity index (χ3v) is 2.50. The maximum Gasteiger partial charge on any atom is 0.321 e. The summed E-state index contributed by atoms with van der Waals surface area (Å²) >= 11 is 5.75. The fourth-order valence-electron chi connectivity index (χ4n) is 1.33. The van der Waals surface area contributed by atoms with Crippen LogP contribution in [-0.4, -0.2) is 36.1 Å². The van der Waals surface area contributed by atoms with Gasteiger partial charge in [0.15, 0.2) is 0 Å². The minimum Gasteiger partial charge on any atom is -0.480 e. The van der Waals surface area contributed by atoms with E-state index in [4.69, 9.17) is 16.7 Å². The molecular weight excluding hydrogens is 214 g/mol. The molecule has 15 heavy (non-hydrogen) atoms. The van der Waals surface area contributed by atoms with Crippen molar-refractivity contribution in [3.05, 3.63) is 34.9 Å². The Balaban J connectivity index is 2.74. The lowest BCUT2D eigenvalue weighted by Crippen LogP contribution is -2.37. The Morgan fingerprint density at radius 3 is 2.33 bits per heavy atom. The van der Waals surface area contributed by atoms with Crippen LogP contribution in [0.15, 0.2) is 24.3 Å². The van der Waals surface area contributed by atoms with E-state index in [0.29, 0.717) is 11.4 Å². The van der Waals surface area contributed by atoms with Crippen molar-refractivity contribution in [3.63, 3.8) is 0 Å². The third-order valence-electron chi connectivity index (χ3n) is 2.25. The lowest BCUT2D eigenvalue weighted by molar-refractivity contribution is -0.142. The Morgan fingerprint density at radius 1 is 1.40 bits per heavy atom. The number of carboxylic acids is 1. The highest BCUT2D eigenvalue weighted by molar-refractivity contribution is 6.30. The lowest BCUT2D eigenvalue weighted by Gasteiger charge is -2.19. The first-order valence-electron chi connectivity index (χ1n) is 4.64. The quantitative estimate of drug-likeness (QED) is 0.854. The topological polar surface area (TPSA) is 40.5 Å².